The largest absolute Gasteiger partial charge is 0.471 e. The van der Waals surface area contributed by atoms with Crippen molar-refractivity contribution in [3.8, 4) is 0 Å². The van der Waals surface area contributed by atoms with Gasteiger partial charge in [0, 0.05) is 19.3 Å². The van der Waals surface area contributed by atoms with Gasteiger partial charge in [-0.15, -0.1) is 0 Å². The van der Waals surface area contributed by atoms with E-state index in [9.17, 15) is 22.8 Å². The number of nitrogens with one attached hydrogen (secondary N) is 2. The monoisotopic (exact) mass is 514 g/mol. The highest BCUT2D eigenvalue weighted by Gasteiger charge is 2.39. The third kappa shape index (κ3) is 4.58. The minimum absolute atomic E-state index is 0.193. The van der Waals surface area contributed by atoms with Gasteiger partial charge < -0.3 is 10.6 Å². The van der Waals surface area contributed by atoms with E-state index in [0.717, 1.165) is 5.56 Å². The summed E-state index contributed by atoms with van der Waals surface area (Å²) < 4.78 is 39.5. The maximum Gasteiger partial charge on any atom is 0.471 e. The summed E-state index contributed by atoms with van der Waals surface area (Å²) in [6.07, 6.45) is -1.93. The Bertz CT molecular complexity index is 1110. The number of anilines is 1. The van der Waals surface area contributed by atoms with Gasteiger partial charge in [-0.3, -0.25) is 14.0 Å². The molecule has 0 bridgehead atoms. The van der Waals surface area contributed by atoms with Gasteiger partial charge in [0.1, 0.15) is 9.35 Å². The van der Waals surface area contributed by atoms with Gasteiger partial charge in [0.15, 0.2) is 5.82 Å². The molecule has 0 spiro atoms. The summed E-state index contributed by atoms with van der Waals surface area (Å²) in [7, 11) is 1.51. The smallest absolute Gasteiger partial charge is 0.356 e. The number of carbonyl (C=O) groups excluding carboxylic acids is 2. The molecule has 0 saturated heterocycles. The summed E-state index contributed by atoms with van der Waals surface area (Å²) in [6.45, 7) is 0. The van der Waals surface area contributed by atoms with Gasteiger partial charge in [-0.05, 0) is 51.4 Å². The number of rotatable bonds is 4. The van der Waals surface area contributed by atoms with Crippen molar-refractivity contribution >= 4 is 51.4 Å². The van der Waals surface area contributed by atoms with Crippen molar-refractivity contribution in [2.45, 2.75) is 6.18 Å². The number of alkyl halides is 3. The van der Waals surface area contributed by atoms with Crippen LogP contribution in [0.4, 0.5) is 19.0 Å². The molecule has 0 aliphatic rings. The van der Waals surface area contributed by atoms with E-state index >= 15 is 0 Å². The first-order valence-electron chi connectivity index (χ1n) is 8.25. The van der Waals surface area contributed by atoms with Crippen molar-refractivity contribution in [3.63, 3.8) is 0 Å². The summed E-state index contributed by atoms with van der Waals surface area (Å²) in [5.41, 5.74) is 2.41. The molecule has 2 heterocycles. The molecule has 10 heteroatoms. The number of hydrogen-bond acceptors (Lipinski definition) is 3. The minimum Gasteiger partial charge on any atom is -0.356 e. The maximum atomic E-state index is 12.5. The van der Waals surface area contributed by atoms with E-state index in [0.29, 0.717) is 20.5 Å². The molecule has 2 amide bonds. The molecule has 0 saturated carbocycles. The fraction of sp³-hybridized carbons (Fsp3) is 0.105. The number of pyridine rings is 1. The first-order valence-corrected chi connectivity index (χ1v) is 9.33. The highest BCUT2D eigenvalue weighted by atomic mass is 127. The predicted octanol–water partition coefficient (Wildman–Crippen LogP) is 3.62. The lowest BCUT2D eigenvalue weighted by Gasteiger charge is -2.09. The van der Waals surface area contributed by atoms with E-state index in [2.05, 4.69) is 10.3 Å². The zero-order valence-electron chi connectivity index (χ0n) is 14.9. The molecular weight excluding hydrogens is 500 g/mol. The van der Waals surface area contributed by atoms with Gasteiger partial charge >= 0.3 is 12.1 Å². The molecule has 0 aliphatic heterocycles. The van der Waals surface area contributed by atoms with E-state index in [-0.39, 0.29) is 11.7 Å². The number of likely N-dealkylation sites (N-methyl/N-ethyl adjacent to an activating group) is 1. The van der Waals surface area contributed by atoms with Crippen LogP contribution in [-0.2, 0) is 9.59 Å². The SMILES string of the molecule is CNC(=O)/C=C(/c1ccccc1)c1ccc2nc(NC(=O)C(F)(F)F)c(I)n2c1. The molecule has 29 heavy (non-hydrogen) atoms. The van der Waals surface area contributed by atoms with Gasteiger partial charge in [0.25, 0.3) is 0 Å². The highest BCUT2D eigenvalue weighted by molar-refractivity contribution is 14.1. The number of amides is 2. The van der Waals surface area contributed by atoms with Gasteiger partial charge in [-0.25, -0.2) is 4.98 Å². The lowest BCUT2D eigenvalue weighted by atomic mass is 9.99. The third-order valence-electron chi connectivity index (χ3n) is 3.97. The van der Waals surface area contributed by atoms with E-state index in [4.69, 9.17) is 0 Å². The summed E-state index contributed by atoms with van der Waals surface area (Å²) in [6, 6.07) is 12.5. The van der Waals surface area contributed by atoms with Crippen molar-refractivity contribution in [3.05, 3.63) is 69.6 Å². The molecule has 0 aliphatic carbocycles. The van der Waals surface area contributed by atoms with Crippen LogP contribution >= 0.6 is 22.6 Å². The van der Waals surface area contributed by atoms with Crippen LogP contribution in [0.5, 0.6) is 0 Å². The molecule has 1 aromatic carbocycles. The van der Waals surface area contributed by atoms with Crippen LogP contribution in [0, 0.1) is 3.70 Å². The Morgan fingerprint density at radius 3 is 2.41 bits per heavy atom. The number of hydrogen-bond donors (Lipinski definition) is 2. The summed E-state index contributed by atoms with van der Waals surface area (Å²) in [5.74, 6) is -2.59. The molecule has 150 valence electrons. The van der Waals surface area contributed by atoms with Crippen LogP contribution < -0.4 is 10.6 Å². The number of imidazole rings is 1. The van der Waals surface area contributed by atoms with Crippen LogP contribution in [0.15, 0.2) is 54.7 Å². The van der Waals surface area contributed by atoms with E-state index in [1.165, 1.54) is 13.1 Å². The standard InChI is InChI=1S/C19H14F3IN4O2/c1-24-15(28)9-13(11-5-3-2-4-6-11)12-7-8-14-25-17(16(23)27(14)10-12)26-18(29)19(20,21)22/h2-10H,1H3,(H,24,28)(H,26,29)/b13-9-. The average Bonchev–Trinajstić information content (AvgIpc) is 3.01. The Morgan fingerprint density at radius 1 is 1.10 bits per heavy atom. The number of halogens is 4. The van der Waals surface area contributed by atoms with Crippen LogP contribution in [0.25, 0.3) is 11.2 Å². The Hall–Kier alpha value is -2.89. The zero-order valence-corrected chi connectivity index (χ0v) is 17.1. The molecule has 0 atom stereocenters. The first-order chi connectivity index (χ1) is 13.7. The second-order valence-electron chi connectivity index (χ2n) is 5.89. The van der Waals surface area contributed by atoms with Crippen molar-refractivity contribution in [2.24, 2.45) is 0 Å². The molecule has 0 radical (unpaired) electrons. The van der Waals surface area contributed by atoms with Crippen molar-refractivity contribution in [1.82, 2.24) is 14.7 Å². The third-order valence-corrected chi connectivity index (χ3v) is 5.00. The predicted molar refractivity (Wildman–Crippen MR) is 110 cm³/mol. The fourth-order valence-corrected chi connectivity index (χ4v) is 3.23. The average molecular weight is 514 g/mol. The van der Waals surface area contributed by atoms with Crippen molar-refractivity contribution in [1.29, 1.82) is 0 Å². The molecule has 2 N–H and O–H groups in total. The summed E-state index contributed by atoms with van der Waals surface area (Å²) in [4.78, 5) is 27.2. The lowest BCUT2D eigenvalue weighted by molar-refractivity contribution is -0.167. The van der Waals surface area contributed by atoms with Crippen molar-refractivity contribution < 1.29 is 22.8 Å². The molecule has 0 fully saturated rings. The summed E-state index contributed by atoms with van der Waals surface area (Å²) >= 11 is 1.80. The quantitative estimate of drug-likeness (QED) is 0.413. The zero-order chi connectivity index (χ0) is 21.2. The molecular formula is C19H14F3IN4O2. The minimum atomic E-state index is -5.01. The lowest BCUT2D eigenvalue weighted by Crippen LogP contribution is -2.30. The van der Waals surface area contributed by atoms with E-state index in [1.54, 1.807) is 50.6 Å². The van der Waals surface area contributed by atoms with Gasteiger partial charge in [0.05, 0.1) is 0 Å². The van der Waals surface area contributed by atoms with Crippen LogP contribution in [0.1, 0.15) is 11.1 Å². The fourth-order valence-electron chi connectivity index (χ4n) is 2.59. The van der Waals surface area contributed by atoms with Crippen LogP contribution in [0.2, 0.25) is 0 Å². The molecule has 3 aromatic rings. The highest BCUT2D eigenvalue weighted by Crippen LogP contribution is 2.27. The van der Waals surface area contributed by atoms with Crippen molar-refractivity contribution in [2.75, 3.05) is 12.4 Å². The normalized spacial score (nSPS) is 12.1. The second-order valence-corrected chi connectivity index (χ2v) is 6.91. The number of aromatic nitrogens is 2. The van der Waals surface area contributed by atoms with Gasteiger partial charge in [0.2, 0.25) is 5.91 Å². The maximum absolute atomic E-state index is 12.5. The van der Waals surface area contributed by atoms with Gasteiger partial charge in [-0.2, -0.15) is 13.2 Å². The topological polar surface area (TPSA) is 75.5 Å². The van der Waals surface area contributed by atoms with Gasteiger partial charge in [-0.1, -0.05) is 30.3 Å². The Morgan fingerprint density at radius 2 is 1.79 bits per heavy atom. The summed E-state index contributed by atoms with van der Waals surface area (Å²) in [5, 5.41) is 4.31. The second kappa shape index (κ2) is 8.23. The number of nitrogens with zero attached hydrogens (tertiary/aromatic N) is 2. The van der Waals surface area contributed by atoms with E-state index in [1.807, 2.05) is 30.3 Å². The van der Waals surface area contributed by atoms with Crippen LogP contribution in [0.3, 0.4) is 0 Å². The number of carbonyl (C=O) groups is 2. The number of benzene rings is 1. The van der Waals surface area contributed by atoms with E-state index < -0.39 is 12.1 Å². The molecule has 0 unspecified atom stereocenters. The molecule has 2 aromatic heterocycles. The van der Waals surface area contributed by atoms with Crippen LogP contribution in [-0.4, -0.2) is 34.4 Å². The Balaban J connectivity index is 2.08. The number of fused-ring (bicyclic) bond motifs is 1. The molecule has 3 rings (SSSR count). The Kier molecular flexibility index (Phi) is 5.91. The Labute approximate surface area is 177 Å². The first kappa shape index (κ1) is 20.8. The molecule has 6 nitrogen and oxygen atoms in total.